The monoisotopic (exact) mass is 785 g/mol. The van der Waals surface area contributed by atoms with Gasteiger partial charge in [0, 0.05) is 25.1 Å². The minimum Gasteiger partial charge on any atom is -0.508 e. The van der Waals surface area contributed by atoms with E-state index in [9.17, 15) is 29.7 Å². The molecule has 0 aliphatic carbocycles. The lowest BCUT2D eigenvalue weighted by Gasteiger charge is -2.38. The zero-order chi connectivity index (χ0) is 40.6. The fourth-order valence-electron chi connectivity index (χ4n) is 7.35. The van der Waals surface area contributed by atoms with Crippen LogP contribution in [0.2, 0.25) is 0 Å². The van der Waals surface area contributed by atoms with Crippen LogP contribution in [-0.4, -0.2) is 75.3 Å². The van der Waals surface area contributed by atoms with Gasteiger partial charge in [-0.15, -0.1) is 0 Å². The summed E-state index contributed by atoms with van der Waals surface area (Å²) in [4.78, 5) is 41.8. The van der Waals surface area contributed by atoms with Crippen LogP contribution < -0.4 is 5.32 Å². The molecule has 2 aliphatic rings. The molecular weight excluding hydrogens is 739 g/mol. The smallest absolute Gasteiger partial charge is 0.408 e. The second-order valence-electron chi connectivity index (χ2n) is 14.8. The van der Waals surface area contributed by atoms with Gasteiger partial charge in [0.1, 0.15) is 18.4 Å². The van der Waals surface area contributed by atoms with Gasteiger partial charge in [0.2, 0.25) is 5.91 Å². The minimum atomic E-state index is -1.01. The van der Waals surface area contributed by atoms with Gasteiger partial charge in [-0.25, -0.2) is 4.79 Å². The molecule has 0 spiro atoms. The summed E-state index contributed by atoms with van der Waals surface area (Å²) in [5.41, 5.74) is 6.46. The maximum Gasteiger partial charge on any atom is 0.408 e. The van der Waals surface area contributed by atoms with E-state index < -0.39 is 30.4 Å². The second kappa shape index (κ2) is 18.6. The highest BCUT2D eigenvalue weighted by Crippen LogP contribution is 2.39. The Hall–Kier alpha value is -5.89. The van der Waals surface area contributed by atoms with Crippen molar-refractivity contribution in [1.82, 2.24) is 15.1 Å². The van der Waals surface area contributed by atoms with E-state index in [2.05, 4.69) is 5.32 Å². The summed E-state index contributed by atoms with van der Waals surface area (Å²) in [5.74, 6) is -0.778. The number of hydrogen-bond donors (Lipinski definition) is 4. The van der Waals surface area contributed by atoms with E-state index in [4.69, 9.17) is 14.2 Å². The topological polar surface area (TPSA) is 158 Å². The second-order valence-corrected chi connectivity index (χ2v) is 14.8. The Morgan fingerprint density at radius 2 is 1.57 bits per heavy atom. The maximum absolute atomic E-state index is 13.3. The van der Waals surface area contributed by atoms with E-state index in [1.807, 2.05) is 115 Å². The van der Waals surface area contributed by atoms with Crippen LogP contribution in [0.5, 0.6) is 5.75 Å². The van der Waals surface area contributed by atoms with Crippen molar-refractivity contribution in [2.75, 3.05) is 20.1 Å². The number of aliphatic hydroxyl groups is 2. The quantitative estimate of drug-likeness (QED) is 0.0940. The third-order valence-corrected chi connectivity index (χ3v) is 10.4. The number of imide groups is 1. The van der Waals surface area contributed by atoms with Crippen molar-refractivity contribution in [2.45, 2.75) is 63.2 Å². The SMILES string of the molecule is CN(CC1CC(c2ccc(CO)cc2)OC(c2cccc(-c3cccc(CN4C(=O)CC(NC(=O)OCc5ccccc5)C4=O)c3)c2)O1)CC(O)c1cccc(O)c1. The molecule has 7 rings (SSSR count). The lowest BCUT2D eigenvalue weighted by atomic mass is 9.98. The molecular formula is C46H47N3O9. The Kier molecular flexibility index (Phi) is 12.9. The molecule has 2 heterocycles. The maximum atomic E-state index is 13.3. The fraction of sp³-hybridized carbons (Fsp3) is 0.283. The molecule has 4 N–H and O–H groups in total. The molecule has 12 heteroatoms. The molecule has 2 saturated heterocycles. The highest BCUT2D eigenvalue weighted by Gasteiger charge is 2.40. The van der Waals surface area contributed by atoms with E-state index >= 15 is 0 Å². The van der Waals surface area contributed by atoms with Crippen molar-refractivity contribution in [3.63, 3.8) is 0 Å². The van der Waals surface area contributed by atoms with Crippen molar-refractivity contribution in [2.24, 2.45) is 0 Å². The molecule has 5 aromatic carbocycles. The zero-order valence-electron chi connectivity index (χ0n) is 32.1. The van der Waals surface area contributed by atoms with E-state index in [0.29, 0.717) is 25.1 Å². The molecule has 5 unspecified atom stereocenters. The lowest BCUT2D eigenvalue weighted by Crippen LogP contribution is -2.41. The molecule has 2 aliphatic heterocycles. The van der Waals surface area contributed by atoms with Crippen molar-refractivity contribution < 1.29 is 43.9 Å². The fourth-order valence-corrected chi connectivity index (χ4v) is 7.35. The Morgan fingerprint density at radius 1 is 0.845 bits per heavy atom. The third-order valence-electron chi connectivity index (χ3n) is 10.4. The average molecular weight is 786 g/mol. The van der Waals surface area contributed by atoms with Crippen LogP contribution in [0.4, 0.5) is 4.79 Å². The van der Waals surface area contributed by atoms with Gasteiger partial charge in [0.05, 0.1) is 37.9 Å². The van der Waals surface area contributed by atoms with Crippen LogP contribution in [0, 0.1) is 0 Å². The molecule has 0 saturated carbocycles. The number of amides is 3. The Balaban J connectivity index is 1.03. The van der Waals surface area contributed by atoms with Crippen LogP contribution in [0.1, 0.15) is 64.7 Å². The highest BCUT2D eigenvalue weighted by atomic mass is 16.7. The van der Waals surface area contributed by atoms with Gasteiger partial charge in [-0.1, -0.05) is 103 Å². The molecule has 300 valence electrons. The van der Waals surface area contributed by atoms with Gasteiger partial charge in [-0.05, 0) is 70.3 Å². The van der Waals surface area contributed by atoms with E-state index in [-0.39, 0.29) is 50.0 Å². The molecule has 0 aromatic heterocycles. The van der Waals surface area contributed by atoms with Crippen LogP contribution in [-0.2, 0) is 43.6 Å². The number of benzene rings is 5. The van der Waals surface area contributed by atoms with Crippen molar-refractivity contribution >= 4 is 17.9 Å². The molecule has 0 bridgehead atoms. The van der Waals surface area contributed by atoms with Crippen LogP contribution in [0.25, 0.3) is 11.1 Å². The average Bonchev–Trinajstić information content (AvgIpc) is 3.50. The van der Waals surface area contributed by atoms with Gasteiger partial charge in [0.15, 0.2) is 6.29 Å². The van der Waals surface area contributed by atoms with Crippen molar-refractivity contribution in [1.29, 1.82) is 0 Å². The number of alkyl carbamates (subject to hydrolysis) is 1. The standard InChI is InChI=1S/C46H47N3O9/c1-48(27-41(52)36-13-7-15-38(51)22-36)26-39-23-42(33-18-16-30(28-50)17-19-33)58-45(57-39)37-14-6-12-35(21-37)34-11-5-10-32(20-34)25-49-43(53)24-40(44(49)54)47-46(55)56-29-31-8-3-2-4-9-31/h2-22,39-42,45,50-52H,23-29H2,1H3,(H,47,55). The third kappa shape index (κ3) is 10.2. The summed E-state index contributed by atoms with van der Waals surface area (Å²) in [6.45, 7) is 0.854. The number of nitrogens with one attached hydrogen (secondary N) is 1. The first-order valence-electron chi connectivity index (χ1n) is 19.3. The van der Waals surface area contributed by atoms with E-state index in [1.165, 1.54) is 0 Å². The molecule has 58 heavy (non-hydrogen) atoms. The number of aromatic hydroxyl groups is 1. The zero-order valence-corrected chi connectivity index (χ0v) is 32.1. The van der Waals surface area contributed by atoms with E-state index in [1.54, 1.807) is 24.3 Å². The predicted octanol–water partition coefficient (Wildman–Crippen LogP) is 6.32. The first-order valence-corrected chi connectivity index (χ1v) is 19.3. The number of carbonyl (C=O) groups excluding carboxylic acids is 3. The highest BCUT2D eigenvalue weighted by molar-refractivity contribution is 6.06. The van der Waals surface area contributed by atoms with E-state index in [0.717, 1.165) is 43.8 Å². The van der Waals surface area contributed by atoms with Gasteiger partial charge in [-0.2, -0.15) is 0 Å². The van der Waals surface area contributed by atoms with Crippen LogP contribution in [0.3, 0.4) is 0 Å². The lowest BCUT2D eigenvalue weighted by molar-refractivity contribution is -0.252. The molecule has 5 aromatic rings. The number of likely N-dealkylation sites (N-methyl/N-ethyl adjacent to an activating group) is 1. The number of phenols is 1. The number of ether oxygens (including phenoxy) is 3. The number of rotatable bonds is 14. The van der Waals surface area contributed by atoms with Gasteiger partial charge in [0.25, 0.3) is 5.91 Å². The molecule has 3 amide bonds. The summed E-state index contributed by atoms with van der Waals surface area (Å²) < 4.78 is 18.5. The largest absolute Gasteiger partial charge is 0.508 e. The van der Waals surface area contributed by atoms with Gasteiger partial charge in [-0.3, -0.25) is 14.5 Å². The first kappa shape index (κ1) is 40.3. The molecule has 12 nitrogen and oxygen atoms in total. The van der Waals surface area contributed by atoms with Gasteiger partial charge < -0.3 is 39.7 Å². The Labute approximate surface area is 337 Å². The van der Waals surface area contributed by atoms with Crippen molar-refractivity contribution in [3.05, 3.63) is 161 Å². The number of hydrogen-bond acceptors (Lipinski definition) is 10. The molecule has 0 radical (unpaired) electrons. The summed E-state index contributed by atoms with van der Waals surface area (Å²) in [6.07, 6.45) is -2.47. The van der Waals surface area contributed by atoms with Crippen LogP contribution >= 0.6 is 0 Å². The number of aliphatic hydroxyl groups excluding tert-OH is 2. The Morgan fingerprint density at radius 3 is 2.33 bits per heavy atom. The summed E-state index contributed by atoms with van der Waals surface area (Å²) in [5, 5.41) is 33.0. The number of carbonyl (C=O) groups is 3. The Bertz CT molecular complexity index is 2200. The number of nitrogens with zero attached hydrogens (tertiary/aromatic N) is 2. The number of phenolic OH excluding ortho intramolecular Hbond substituents is 1. The minimum absolute atomic E-state index is 0.0450. The van der Waals surface area contributed by atoms with Crippen LogP contribution in [0.15, 0.2) is 127 Å². The number of likely N-dealkylation sites (tertiary alicyclic amines) is 1. The summed E-state index contributed by atoms with van der Waals surface area (Å²) in [6, 6.07) is 37.9. The van der Waals surface area contributed by atoms with Crippen molar-refractivity contribution in [3.8, 4) is 16.9 Å². The normalized spacial score (nSPS) is 20.0. The molecule has 5 atom stereocenters. The predicted molar refractivity (Wildman–Crippen MR) is 215 cm³/mol. The molecule has 2 fully saturated rings. The summed E-state index contributed by atoms with van der Waals surface area (Å²) >= 11 is 0. The summed E-state index contributed by atoms with van der Waals surface area (Å²) in [7, 11) is 1.92. The van der Waals surface area contributed by atoms with Gasteiger partial charge >= 0.3 is 6.09 Å². The first-order chi connectivity index (χ1) is 28.1.